The van der Waals surface area contributed by atoms with Crippen molar-refractivity contribution in [1.82, 2.24) is 14.3 Å². The van der Waals surface area contributed by atoms with Gasteiger partial charge in [0.15, 0.2) is 0 Å². The van der Waals surface area contributed by atoms with E-state index in [9.17, 15) is 13.2 Å². The van der Waals surface area contributed by atoms with E-state index in [1.54, 1.807) is 6.21 Å². The standard InChI is InChI=1S/C27H24BrClN4O3S/c28-21-9-7-19(8-10-21)17-32-18-20(24-4-1-2-5-25(24)32)16-30-31-27(34)26-6-3-15-33(26)37(35,36)23-13-11-22(29)12-14-23/h1-2,4-5,7-14,16,18,26H,3,6,15,17H2,(H,31,34)/b30-16-/t26-/m1/s1. The molecule has 7 nitrogen and oxygen atoms in total. The van der Waals surface area contributed by atoms with Crippen LogP contribution in [0.1, 0.15) is 24.0 Å². The minimum atomic E-state index is -3.83. The van der Waals surface area contributed by atoms with E-state index in [1.165, 1.54) is 28.6 Å². The van der Waals surface area contributed by atoms with Gasteiger partial charge in [0.1, 0.15) is 6.04 Å². The maximum Gasteiger partial charge on any atom is 0.258 e. The number of carbonyl (C=O) groups is 1. The third kappa shape index (κ3) is 5.50. The molecule has 1 saturated heterocycles. The molecule has 1 aromatic heterocycles. The van der Waals surface area contributed by atoms with Gasteiger partial charge in [-0.1, -0.05) is 57.9 Å². The normalized spacial score (nSPS) is 16.5. The smallest absolute Gasteiger partial charge is 0.258 e. The van der Waals surface area contributed by atoms with Gasteiger partial charge in [-0.2, -0.15) is 9.41 Å². The first-order valence-electron chi connectivity index (χ1n) is 11.8. The summed E-state index contributed by atoms with van der Waals surface area (Å²) in [7, 11) is -3.83. The van der Waals surface area contributed by atoms with Crippen LogP contribution in [0.2, 0.25) is 5.02 Å². The highest BCUT2D eigenvalue weighted by Gasteiger charge is 2.39. The third-order valence-corrected chi connectivity index (χ3v) is 9.09. The van der Waals surface area contributed by atoms with Crippen LogP contribution in [0.25, 0.3) is 10.9 Å². The Morgan fingerprint density at radius 3 is 2.57 bits per heavy atom. The van der Waals surface area contributed by atoms with Crippen molar-refractivity contribution < 1.29 is 13.2 Å². The highest BCUT2D eigenvalue weighted by atomic mass is 79.9. The van der Waals surface area contributed by atoms with E-state index in [0.717, 1.165) is 26.5 Å². The molecule has 1 amide bonds. The van der Waals surface area contributed by atoms with Gasteiger partial charge in [-0.3, -0.25) is 4.79 Å². The lowest BCUT2D eigenvalue weighted by molar-refractivity contribution is -0.124. The predicted octanol–water partition coefficient (Wildman–Crippen LogP) is 5.41. The van der Waals surface area contributed by atoms with Gasteiger partial charge in [-0.25, -0.2) is 13.8 Å². The molecule has 1 aliphatic rings. The second kappa shape index (κ2) is 10.8. The summed E-state index contributed by atoms with van der Waals surface area (Å²) in [6, 6.07) is 21.3. The second-order valence-electron chi connectivity index (χ2n) is 8.82. The highest BCUT2D eigenvalue weighted by molar-refractivity contribution is 9.10. The molecule has 2 heterocycles. The third-order valence-electron chi connectivity index (χ3n) is 6.39. The number of para-hydroxylation sites is 1. The predicted molar refractivity (Wildman–Crippen MR) is 149 cm³/mol. The van der Waals surface area contributed by atoms with Gasteiger partial charge < -0.3 is 4.57 Å². The average Bonchev–Trinajstić information content (AvgIpc) is 3.52. The van der Waals surface area contributed by atoms with Crippen LogP contribution in [0.3, 0.4) is 0 Å². The number of hydrogen-bond acceptors (Lipinski definition) is 4. The Labute approximate surface area is 228 Å². The Morgan fingerprint density at radius 1 is 1.08 bits per heavy atom. The summed E-state index contributed by atoms with van der Waals surface area (Å²) < 4.78 is 30.7. The fraction of sp³-hybridized carbons (Fsp3) is 0.185. The van der Waals surface area contributed by atoms with Gasteiger partial charge >= 0.3 is 0 Å². The van der Waals surface area contributed by atoms with Crippen molar-refractivity contribution >= 4 is 60.6 Å². The van der Waals surface area contributed by atoms with E-state index >= 15 is 0 Å². The molecule has 0 unspecified atom stereocenters. The molecule has 190 valence electrons. The molecule has 0 radical (unpaired) electrons. The molecule has 1 N–H and O–H groups in total. The molecule has 5 rings (SSSR count). The van der Waals surface area contributed by atoms with Gasteiger partial charge in [-0.15, -0.1) is 0 Å². The molecule has 0 spiro atoms. The number of halogens is 2. The minimum absolute atomic E-state index is 0.110. The zero-order valence-corrected chi connectivity index (χ0v) is 22.9. The topological polar surface area (TPSA) is 83.8 Å². The van der Waals surface area contributed by atoms with Gasteiger partial charge in [0.25, 0.3) is 5.91 Å². The Hall–Kier alpha value is -2.98. The first kappa shape index (κ1) is 25.7. The molecule has 3 aromatic carbocycles. The number of nitrogens with zero attached hydrogens (tertiary/aromatic N) is 3. The number of amides is 1. The fourth-order valence-corrected chi connectivity index (χ4v) is 6.61. The molecule has 0 aliphatic carbocycles. The van der Waals surface area contributed by atoms with Crippen molar-refractivity contribution in [2.45, 2.75) is 30.3 Å². The Kier molecular flexibility index (Phi) is 7.48. The second-order valence-corrected chi connectivity index (χ2v) is 12.1. The van der Waals surface area contributed by atoms with E-state index in [2.05, 4.69) is 43.2 Å². The van der Waals surface area contributed by atoms with Crippen LogP contribution in [0, 0.1) is 0 Å². The lowest BCUT2D eigenvalue weighted by Gasteiger charge is -2.22. The van der Waals surface area contributed by atoms with Crippen LogP contribution >= 0.6 is 27.5 Å². The quantitative estimate of drug-likeness (QED) is 0.228. The zero-order chi connectivity index (χ0) is 26.0. The van der Waals surface area contributed by atoms with E-state index in [4.69, 9.17) is 11.6 Å². The van der Waals surface area contributed by atoms with Crippen molar-refractivity contribution in [1.29, 1.82) is 0 Å². The van der Waals surface area contributed by atoms with Crippen molar-refractivity contribution in [3.05, 3.63) is 99.6 Å². The van der Waals surface area contributed by atoms with Gasteiger partial charge in [-0.05, 0) is 60.9 Å². The molecule has 4 aromatic rings. The number of aromatic nitrogens is 1. The number of hydrazone groups is 1. The van der Waals surface area contributed by atoms with Crippen LogP contribution in [0.5, 0.6) is 0 Å². The molecular formula is C27H24BrClN4O3S. The molecule has 37 heavy (non-hydrogen) atoms. The van der Waals surface area contributed by atoms with Crippen molar-refractivity contribution in [3.63, 3.8) is 0 Å². The van der Waals surface area contributed by atoms with Crippen molar-refractivity contribution in [2.75, 3.05) is 6.54 Å². The fourth-order valence-electron chi connectivity index (χ4n) is 4.57. The Balaban J connectivity index is 1.32. The summed E-state index contributed by atoms with van der Waals surface area (Å²) in [6.07, 6.45) is 4.62. The number of sulfonamides is 1. The Morgan fingerprint density at radius 2 is 1.81 bits per heavy atom. The largest absolute Gasteiger partial charge is 0.342 e. The first-order chi connectivity index (χ1) is 17.8. The van der Waals surface area contributed by atoms with Crippen LogP contribution in [-0.2, 0) is 21.4 Å². The van der Waals surface area contributed by atoms with E-state index < -0.39 is 22.0 Å². The SMILES string of the molecule is O=C(N/N=C\c1cn(Cc2ccc(Br)cc2)c2ccccc12)[C@H]1CCCN1S(=O)(=O)c1ccc(Cl)cc1. The number of fused-ring (bicyclic) bond motifs is 1. The van der Waals surface area contributed by atoms with Crippen LogP contribution in [0.15, 0.2) is 93.5 Å². The monoisotopic (exact) mass is 598 g/mol. The molecule has 1 atom stereocenters. The van der Waals surface area contributed by atoms with Gasteiger partial charge in [0.2, 0.25) is 10.0 Å². The summed E-state index contributed by atoms with van der Waals surface area (Å²) in [6.45, 7) is 0.962. The summed E-state index contributed by atoms with van der Waals surface area (Å²) in [4.78, 5) is 13.1. The first-order valence-corrected chi connectivity index (χ1v) is 14.4. The maximum atomic E-state index is 13.1. The number of rotatable bonds is 7. The zero-order valence-electron chi connectivity index (χ0n) is 19.7. The highest BCUT2D eigenvalue weighted by Crippen LogP contribution is 2.27. The summed E-state index contributed by atoms with van der Waals surface area (Å²) >= 11 is 9.37. The van der Waals surface area contributed by atoms with Crippen LogP contribution in [-0.4, -0.2) is 42.0 Å². The Bertz CT molecular complexity index is 1570. The summed E-state index contributed by atoms with van der Waals surface area (Å²) in [5.41, 5.74) is 5.61. The molecule has 1 fully saturated rings. The lowest BCUT2D eigenvalue weighted by atomic mass is 10.2. The van der Waals surface area contributed by atoms with Crippen molar-refractivity contribution in [2.24, 2.45) is 5.10 Å². The van der Waals surface area contributed by atoms with E-state index in [0.29, 0.717) is 24.4 Å². The number of carbonyl (C=O) groups excluding carboxylic acids is 1. The molecule has 10 heteroatoms. The molecular weight excluding hydrogens is 576 g/mol. The van der Waals surface area contributed by atoms with Crippen LogP contribution in [0.4, 0.5) is 0 Å². The molecule has 1 aliphatic heterocycles. The van der Waals surface area contributed by atoms with Crippen molar-refractivity contribution in [3.8, 4) is 0 Å². The molecule has 0 bridgehead atoms. The number of benzene rings is 3. The molecule has 0 saturated carbocycles. The average molecular weight is 600 g/mol. The lowest BCUT2D eigenvalue weighted by Crippen LogP contribution is -2.44. The minimum Gasteiger partial charge on any atom is -0.342 e. The number of hydrogen-bond donors (Lipinski definition) is 1. The van der Waals surface area contributed by atoms with Gasteiger partial charge in [0, 0.05) is 45.2 Å². The summed E-state index contributed by atoms with van der Waals surface area (Å²) in [5.74, 6) is -0.454. The maximum absolute atomic E-state index is 13.1. The van der Waals surface area contributed by atoms with E-state index in [1.807, 2.05) is 42.6 Å². The van der Waals surface area contributed by atoms with E-state index in [-0.39, 0.29) is 11.4 Å². The van der Waals surface area contributed by atoms with Crippen LogP contribution < -0.4 is 5.43 Å². The van der Waals surface area contributed by atoms with Gasteiger partial charge in [0.05, 0.1) is 11.1 Å². The summed E-state index contributed by atoms with van der Waals surface area (Å²) in [5, 5.41) is 5.64. The number of nitrogens with one attached hydrogen (secondary N) is 1.